The SMILES string of the molecule is NC[C@H](C(=O)Nc1ccc(N2CCOCC2=O)c(C(F)(F)F)c1)N(C1CCC1)C1CCC1. The summed E-state index contributed by atoms with van der Waals surface area (Å²) >= 11 is 0. The molecule has 1 saturated heterocycles. The number of alkyl halides is 3. The Kier molecular flexibility index (Phi) is 6.73. The van der Waals surface area contributed by atoms with Crippen LogP contribution in [0, 0.1) is 0 Å². The molecule has 0 bridgehead atoms. The molecule has 0 radical (unpaired) electrons. The minimum atomic E-state index is -4.69. The molecule has 2 aliphatic carbocycles. The van der Waals surface area contributed by atoms with Gasteiger partial charge in [0.05, 0.1) is 17.9 Å². The average molecular weight is 454 g/mol. The van der Waals surface area contributed by atoms with E-state index in [0.29, 0.717) is 12.1 Å². The molecule has 1 atom stereocenters. The van der Waals surface area contributed by atoms with Gasteiger partial charge in [-0.15, -0.1) is 0 Å². The Morgan fingerprint density at radius 1 is 1.22 bits per heavy atom. The Bertz CT molecular complexity index is 841. The number of rotatable bonds is 7. The van der Waals surface area contributed by atoms with Gasteiger partial charge >= 0.3 is 6.18 Å². The zero-order valence-electron chi connectivity index (χ0n) is 17.9. The van der Waals surface area contributed by atoms with Crippen LogP contribution in [-0.4, -0.2) is 61.1 Å². The summed E-state index contributed by atoms with van der Waals surface area (Å²) < 4.78 is 46.4. The number of hydrogen-bond donors (Lipinski definition) is 2. The molecule has 7 nitrogen and oxygen atoms in total. The second kappa shape index (κ2) is 9.36. The zero-order valence-corrected chi connectivity index (χ0v) is 17.9. The first-order valence-corrected chi connectivity index (χ1v) is 11.2. The van der Waals surface area contributed by atoms with E-state index in [9.17, 15) is 22.8 Å². The zero-order chi connectivity index (χ0) is 22.9. The lowest BCUT2D eigenvalue weighted by molar-refractivity contribution is -0.137. The van der Waals surface area contributed by atoms with E-state index in [1.165, 1.54) is 12.1 Å². The minimum absolute atomic E-state index is 0.0346. The summed E-state index contributed by atoms with van der Waals surface area (Å²) in [7, 11) is 0. The van der Waals surface area contributed by atoms with E-state index in [4.69, 9.17) is 10.5 Å². The van der Waals surface area contributed by atoms with Crippen LogP contribution < -0.4 is 16.0 Å². The van der Waals surface area contributed by atoms with Crippen molar-refractivity contribution in [1.82, 2.24) is 4.90 Å². The molecule has 1 heterocycles. The third-order valence-electron chi connectivity index (χ3n) is 6.72. The van der Waals surface area contributed by atoms with E-state index in [-0.39, 0.29) is 37.7 Å². The van der Waals surface area contributed by atoms with Gasteiger partial charge in [-0.25, -0.2) is 0 Å². The number of halogens is 3. The van der Waals surface area contributed by atoms with Crippen molar-refractivity contribution in [2.75, 3.05) is 36.5 Å². The van der Waals surface area contributed by atoms with Gasteiger partial charge in [-0.3, -0.25) is 14.5 Å². The second-order valence-corrected chi connectivity index (χ2v) is 8.69. The molecule has 4 rings (SSSR count). The van der Waals surface area contributed by atoms with E-state index < -0.39 is 29.6 Å². The second-order valence-electron chi connectivity index (χ2n) is 8.69. The number of nitrogens with one attached hydrogen (secondary N) is 1. The first-order chi connectivity index (χ1) is 15.3. The fraction of sp³-hybridized carbons (Fsp3) is 0.636. The van der Waals surface area contributed by atoms with E-state index in [0.717, 1.165) is 49.5 Å². The lowest BCUT2D eigenvalue weighted by Crippen LogP contribution is -2.60. The Hall–Kier alpha value is -2.17. The maximum Gasteiger partial charge on any atom is 0.418 e. The molecular formula is C22H29F3N4O3. The molecule has 3 fully saturated rings. The van der Waals surface area contributed by atoms with Crippen LogP contribution in [0.4, 0.5) is 24.5 Å². The molecule has 32 heavy (non-hydrogen) atoms. The molecule has 10 heteroatoms. The van der Waals surface area contributed by atoms with Crippen LogP contribution in [0.2, 0.25) is 0 Å². The highest BCUT2D eigenvalue weighted by Gasteiger charge is 2.41. The van der Waals surface area contributed by atoms with Crippen LogP contribution in [-0.2, 0) is 20.5 Å². The molecule has 1 aromatic carbocycles. The topological polar surface area (TPSA) is 87.9 Å². The normalized spacial score (nSPS) is 21.3. The maximum atomic E-state index is 13.8. The fourth-order valence-corrected chi connectivity index (χ4v) is 4.62. The number of amides is 2. The standard InChI is InChI=1S/C22H29F3N4O3/c23-22(24,25)17-11-14(7-8-18(17)28-9-10-32-13-20(28)30)27-21(31)19(12-26)29(15-3-1-4-15)16-5-2-6-16/h7-8,11,15-16,19H,1-6,9-10,12-13,26H2,(H,27,31)/t19-/m1/s1. The number of ether oxygens (including phenoxy) is 1. The highest BCUT2D eigenvalue weighted by atomic mass is 19.4. The molecule has 2 amide bonds. The van der Waals surface area contributed by atoms with Gasteiger partial charge in [-0.2, -0.15) is 13.2 Å². The molecule has 0 unspecified atom stereocenters. The fourth-order valence-electron chi connectivity index (χ4n) is 4.62. The van der Waals surface area contributed by atoms with Crippen molar-refractivity contribution >= 4 is 23.2 Å². The number of carbonyl (C=O) groups is 2. The van der Waals surface area contributed by atoms with Crippen LogP contribution in [0.25, 0.3) is 0 Å². The van der Waals surface area contributed by atoms with Crippen molar-refractivity contribution in [3.05, 3.63) is 23.8 Å². The van der Waals surface area contributed by atoms with Crippen molar-refractivity contribution in [2.24, 2.45) is 5.73 Å². The molecule has 176 valence electrons. The largest absolute Gasteiger partial charge is 0.418 e. The van der Waals surface area contributed by atoms with Gasteiger partial charge in [-0.05, 0) is 43.9 Å². The highest BCUT2D eigenvalue weighted by molar-refractivity contribution is 5.98. The van der Waals surface area contributed by atoms with Gasteiger partial charge < -0.3 is 20.7 Å². The average Bonchev–Trinajstić information content (AvgIpc) is 2.66. The van der Waals surface area contributed by atoms with Crippen molar-refractivity contribution < 1.29 is 27.5 Å². The minimum Gasteiger partial charge on any atom is -0.370 e. The van der Waals surface area contributed by atoms with Gasteiger partial charge in [0.2, 0.25) is 5.91 Å². The number of carbonyl (C=O) groups excluding carboxylic acids is 2. The Morgan fingerprint density at radius 2 is 1.88 bits per heavy atom. The summed E-state index contributed by atoms with van der Waals surface area (Å²) in [5, 5.41) is 2.64. The van der Waals surface area contributed by atoms with Crippen LogP contribution in [0.15, 0.2) is 18.2 Å². The number of nitrogens with two attached hydrogens (primary N) is 1. The van der Waals surface area contributed by atoms with E-state index >= 15 is 0 Å². The lowest BCUT2D eigenvalue weighted by Gasteiger charge is -2.49. The molecular weight excluding hydrogens is 425 g/mol. The molecule has 0 spiro atoms. The van der Waals surface area contributed by atoms with Gasteiger partial charge in [-0.1, -0.05) is 12.8 Å². The summed E-state index contributed by atoms with van der Waals surface area (Å²) in [6, 6.07) is 3.55. The molecule has 3 N–H and O–H groups in total. The van der Waals surface area contributed by atoms with Crippen molar-refractivity contribution in [3.63, 3.8) is 0 Å². The summed E-state index contributed by atoms with van der Waals surface area (Å²) in [4.78, 5) is 28.4. The Balaban J connectivity index is 1.56. The summed E-state index contributed by atoms with van der Waals surface area (Å²) in [6.45, 7) is 0.0515. The van der Waals surface area contributed by atoms with Gasteiger partial charge in [0.25, 0.3) is 5.91 Å². The van der Waals surface area contributed by atoms with Gasteiger partial charge in [0.1, 0.15) is 12.6 Å². The molecule has 0 aromatic heterocycles. The predicted molar refractivity (Wildman–Crippen MR) is 113 cm³/mol. The third kappa shape index (κ3) is 4.62. The van der Waals surface area contributed by atoms with Crippen LogP contribution >= 0.6 is 0 Å². The summed E-state index contributed by atoms with van der Waals surface area (Å²) in [5.74, 6) is -0.923. The van der Waals surface area contributed by atoms with E-state index in [2.05, 4.69) is 10.2 Å². The molecule has 3 aliphatic rings. The number of benzene rings is 1. The highest BCUT2D eigenvalue weighted by Crippen LogP contribution is 2.39. The molecule has 2 saturated carbocycles. The smallest absolute Gasteiger partial charge is 0.370 e. The molecule has 1 aliphatic heterocycles. The van der Waals surface area contributed by atoms with Crippen molar-refractivity contribution in [2.45, 2.75) is 62.8 Å². The van der Waals surface area contributed by atoms with Crippen LogP contribution in [0.1, 0.15) is 44.1 Å². The van der Waals surface area contributed by atoms with Gasteiger partial charge in [0, 0.05) is 30.9 Å². The first kappa shape index (κ1) is 23.0. The number of anilines is 2. The van der Waals surface area contributed by atoms with E-state index in [1.807, 2.05) is 0 Å². The lowest BCUT2D eigenvalue weighted by atomic mass is 9.83. The maximum absolute atomic E-state index is 13.8. The Morgan fingerprint density at radius 3 is 2.38 bits per heavy atom. The van der Waals surface area contributed by atoms with E-state index in [1.54, 1.807) is 0 Å². The quantitative estimate of drug-likeness (QED) is 0.662. The number of morpholine rings is 1. The van der Waals surface area contributed by atoms with Crippen LogP contribution in [0.3, 0.4) is 0 Å². The predicted octanol–water partition coefficient (Wildman–Crippen LogP) is 2.74. The van der Waals surface area contributed by atoms with Crippen molar-refractivity contribution in [1.29, 1.82) is 0 Å². The molecule has 1 aromatic rings. The monoisotopic (exact) mass is 454 g/mol. The Labute approximate surface area is 185 Å². The first-order valence-electron chi connectivity index (χ1n) is 11.2. The summed E-state index contributed by atoms with van der Waals surface area (Å²) in [6.07, 6.45) is 1.60. The number of hydrogen-bond acceptors (Lipinski definition) is 5. The summed E-state index contributed by atoms with van der Waals surface area (Å²) in [5.41, 5.74) is 4.79. The number of nitrogens with zero attached hydrogens (tertiary/aromatic N) is 2. The van der Waals surface area contributed by atoms with Crippen LogP contribution in [0.5, 0.6) is 0 Å². The van der Waals surface area contributed by atoms with Gasteiger partial charge in [0.15, 0.2) is 0 Å². The van der Waals surface area contributed by atoms with Crippen molar-refractivity contribution in [3.8, 4) is 0 Å². The third-order valence-corrected chi connectivity index (χ3v) is 6.72.